The Labute approximate surface area is 128 Å². The molecule has 2 aromatic carbocycles. The van der Waals surface area contributed by atoms with Crippen molar-refractivity contribution < 1.29 is 18.7 Å². The van der Waals surface area contributed by atoms with Crippen molar-refractivity contribution in [3.8, 4) is 11.1 Å². The van der Waals surface area contributed by atoms with Crippen LogP contribution in [0.25, 0.3) is 22.0 Å². The van der Waals surface area contributed by atoms with E-state index in [0.29, 0.717) is 10.9 Å². The number of aromatic carboxylic acids is 1. The van der Waals surface area contributed by atoms with E-state index >= 15 is 0 Å². The fraction of sp³-hybridized carbons (Fsp3) is 0. The molecule has 0 atom stereocenters. The second kappa shape index (κ2) is 5.35. The van der Waals surface area contributed by atoms with Gasteiger partial charge in [0.25, 0.3) is 0 Å². The highest BCUT2D eigenvalue weighted by atomic mass is 35.5. The molecule has 3 nitrogen and oxygen atoms in total. The fourth-order valence-corrected chi connectivity index (χ4v) is 2.49. The Balaban J connectivity index is 2.36. The predicted octanol–water partition coefficient (Wildman–Crippen LogP) is 4.53. The number of halogens is 3. The second-order valence-electron chi connectivity index (χ2n) is 4.64. The van der Waals surface area contributed by atoms with Crippen LogP contribution in [0.3, 0.4) is 0 Å². The summed E-state index contributed by atoms with van der Waals surface area (Å²) in [4.78, 5) is 15.2. The molecular weight excluding hydrogens is 312 g/mol. The molecule has 0 aliphatic rings. The van der Waals surface area contributed by atoms with Crippen molar-refractivity contribution in [3.63, 3.8) is 0 Å². The highest BCUT2D eigenvalue weighted by Crippen LogP contribution is 2.33. The summed E-state index contributed by atoms with van der Waals surface area (Å²) in [6, 6.07) is 7.67. The molecule has 1 heterocycles. The molecule has 0 saturated carbocycles. The van der Waals surface area contributed by atoms with E-state index < -0.39 is 17.6 Å². The molecule has 0 bridgehead atoms. The van der Waals surface area contributed by atoms with Gasteiger partial charge in [0.15, 0.2) is 0 Å². The van der Waals surface area contributed by atoms with Gasteiger partial charge in [-0.25, -0.2) is 13.6 Å². The second-order valence-corrected chi connectivity index (χ2v) is 5.08. The first-order valence-corrected chi connectivity index (χ1v) is 6.62. The molecule has 22 heavy (non-hydrogen) atoms. The van der Waals surface area contributed by atoms with Gasteiger partial charge in [-0.1, -0.05) is 11.6 Å². The van der Waals surface area contributed by atoms with Crippen LogP contribution in [0.15, 0.2) is 42.6 Å². The molecule has 3 aromatic rings. The summed E-state index contributed by atoms with van der Waals surface area (Å²) in [6.45, 7) is 0. The zero-order valence-corrected chi connectivity index (χ0v) is 11.7. The molecule has 0 unspecified atom stereocenters. The molecule has 1 N–H and O–H groups in total. The maximum absolute atomic E-state index is 14.1. The number of pyridine rings is 1. The molecule has 0 saturated heterocycles. The summed E-state index contributed by atoms with van der Waals surface area (Å²) in [5, 5.41) is 9.36. The van der Waals surface area contributed by atoms with Crippen LogP contribution >= 0.6 is 11.6 Å². The standard InChI is InChI=1S/C16H8ClF2NO2/c17-9-6-12(18)15(13(19)7-9)10-3-4-20-14-2-1-8(16(21)22)5-11(10)14/h1-7H,(H,21,22). The molecule has 110 valence electrons. The van der Waals surface area contributed by atoms with E-state index in [1.807, 2.05) is 0 Å². The molecule has 3 rings (SSSR count). The zero-order chi connectivity index (χ0) is 15.9. The molecule has 0 radical (unpaired) electrons. The maximum Gasteiger partial charge on any atom is 0.335 e. The minimum atomic E-state index is -1.13. The number of nitrogens with zero attached hydrogens (tertiary/aromatic N) is 1. The number of hydrogen-bond acceptors (Lipinski definition) is 2. The third kappa shape index (κ3) is 2.40. The van der Waals surface area contributed by atoms with E-state index in [-0.39, 0.29) is 21.7 Å². The van der Waals surface area contributed by atoms with Gasteiger partial charge in [-0.15, -0.1) is 0 Å². The predicted molar refractivity (Wildman–Crippen MR) is 79.1 cm³/mol. The highest BCUT2D eigenvalue weighted by molar-refractivity contribution is 6.30. The molecular formula is C16H8ClF2NO2. The lowest BCUT2D eigenvalue weighted by Gasteiger charge is -2.10. The Morgan fingerprint density at radius 3 is 2.41 bits per heavy atom. The Bertz CT molecular complexity index is 889. The van der Waals surface area contributed by atoms with Crippen LogP contribution in [0.5, 0.6) is 0 Å². The van der Waals surface area contributed by atoms with Crippen molar-refractivity contribution in [2.45, 2.75) is 0 Å². The van der Waals surface area contributed by atoms with Crippen LogP contribution in [0.4, 0.5) is 8.78 Å². The normalized spacial score (nSPS) is 10.9. The number of carboxylic acids is 1. The third-order valence-corrected chi connectivity index (χ3v) is 3.48. The SMILES string of the molecule is O=C(O)c1ccc2nccc(-c3c(F)cc(Cl)cc3F)c2c1. The van der Waals surface area contributed by atoms with E-state index in [1.165, 1.54) is 30.5 Å². The summed E-state index contributed by atoms with van der Waals surface area (Å²) in [6.07, 6.45) is 1.41. The fourth-order valence-electron chi connectivity index (χ4n) is 2.30. The van der Waals surface area contributed by atoms with E-state index in [0.717, 1.165) is 12.1 Å². The molecule has 0 amide bonds. The Morgan fingerprint density at radius 1 is 1.09 bits per heavy atom. The molecule has 1 aromatic heterocycles. The maximum atomic E-state index is 14.1. The minimum absolute atomic E-state index is 0.0107. The Kier molecular flexibility index (Phi) is 3.50. The van der Waals surface area contributed by atoms with E-state index in [1.54, 1.807) is 0 Å². The first-order chi connectivity index (χ1) is 10.5. The smallest absolute Gasteiger partial charge is 0.335 e. The van der Waals surface area contributed by atoms with Crippen molar-refractivity contribution in [1.82, 2.24) is 4.98 Å². The number of aromatic nitrogens is 1. The summed E-state index contributed by atoms with van der Waals surface area (Å²) >= 11 is 5.62. The number of carboxylic acid groups (broad SMARTS) is 1. The van der Waals surface area contributed by atoms with Crippen molar-refractivity contribution in [3.05, 3.63) is 64.8 Å². The van der Waals surface area contributed by atoms with Gasteiger partial charge < -0.3 is 5.11 Å². The van der Waals surface area contributed by atoms with Gasteiger partial charge in [0, 0.05) is 16.6 Å². The summed E-state index contributed by atoms with van der Waals surface area (Å²) in [5.74, 6) is -2.77. The first-order valence-electron chi connectivity index (χ1n) is 6.24. The zero-order valence-electron chi connectivity index (χ0n) is 11.0. The van der Waals surface area contributed by atoms with Gasteiger partial charge >= 0.3 is 5.97 Å². The molecule has 0 aliphatic heterocycles. The topological polar surface area (TPSA) is 50.2 Å². The molecule has 0 spiro atoms. The molecule has 0 fully saturated rings. The molecule has 6 heteroatoms. The number of carbonyl (C=O) groups is 1. The van der Waals surface area contributed by atoms with Crippen LogP contribution in [-0.4, -0.2) is 16.1 Å². The van der Waals surface area contributed by atoms with Gasteiger partial charge in [-0.2, -0.15) is 0 Å². The number of benzene rings is 2. The molecule has 0 aliphatic carbocycles. The van der Waals surface area contributed by atoms with Crippen LogP contribution in [0, 0.1) is 11.6 Å². The van der Waals surface area contributed by atoms with Gasteiger partial charge in [-0.05, 0) is 42.0 Å². The van der Waals surface area contributed by atoms with Crippen LogP contribution < -0.4 is 0 Å². The monoisotopic (exact) mass is 319 g/mol. The van der Waals surface area contributed by atoms with E-state index in [2.05, 4.69) is 4.98 Å². The average Bonchev–Trinajstić information content (AvgIpc) is 2.45. The van der Waals surface area contributed by atoms with Gasteiger partial charge in [0.1, 0.15) is 11.6 Å². The van der Waals surface area contributed by atoms with Gasteiger partial charge in [-0.3, -0.25) is 4.98 Å². The van der Waals surface area contributed by atoms with Crippen LogP contribution in [0.2, 0.25) is 5.02 Å². The van der Waals surface area contributed by atoms with Crippen molar-refractivity contribution in [2.24, 2.45) is 0 Å². The third-order valence-electron chi connectivity index (χ3n) is 3.26. The van der Waals surface area contributed by atoms with Crippen molar-refractivity contribution in [1.29, 1.82) is 0 Å². The summed E-state index contributed by atoms with van der Waals surface area (Å²) < 4.78 is 28.2. The first kappa shape index (κ1) is 14.4. The van der Waals surface area contributed by atoms with Gasteiger partial charge in [0.2, 0.25) is 0 Å². The van der Waals surface area contributed by atoms with Crippen LogP contribution in [0.1, 0.15) is 10.4 Å². The van der Waals surface area contributed by atoms with Crippen molar-refractivity contribution >= 4 is 28.5 Å². The largest absolute Gasteiger partial charge is 0.478 e. The summed E-state index contributed by atoms with van der Waals surface area (Å²) in [5.41, 5.74) is 0.409. The number of rotatable bonds is 2. The minimum Gasteiger partial charge on any atom is -0.478 e. The number of hydrogen-bond donors (Lipinski definition) is 1. The lowest BCUT2D eigenvalue weighted by Crippen LogP contribution is -1.97. The highest BCUT2D eigenvalue weighted by Gasteiger charge is 2.16. The Hall–Kier alpha value is -2.53. The lowest BCUT2D eigenvalue weighted by atomic mass is 9.99. The Morgan fingerprint density at radius 2 is 1.77 bits per heavy atom. The van der Waals surface area contributed by atoms with E-state index in [9.17, 15) is 13.6 Å². The van der Waals surface area contributed by atoms with E-state index in [4.69, 9.17) is 16.7 Å². The van der Waals surface area contributed by atoms with Crippen molar-refractivity contribution in [2.75, 3.05) is 0 Å². The quantitative estimate of drug-likeness (QED) is 0.755. The lowest BCUT2D eigenvalue weighted by molar-refractivity contribution is 0.0697. The van der Waals surface area contributed by atoms with Crippen LogP contribution in [-0.2, 0) is 0 Å². The van der Waals surface area contributed by atoms with Gasteiger partial charge in [0.05, 0.1) is 16.6 Å². The summed E-state index contributed by atoms with van der Waals surface area (Å²) in [7, 11) is 0. The average molecular weight is 320 g/mol. The number of fused-ring (bicyclic) bond motifs is 1.